The van der Waals surface area contributed by atoms with Crippen molar-refractivity contribution in [1.29, 1.82) is 0 Å². The number of halogens is 3. The summed E-state index contributed by atoms with van der Waals surface area (Å²) in [6, 6.07) is 8.58. The van der Waals surface area contributed by atoms with Crippen LogP contribution in [0.4, 0.5) is 10.2 Å². The molecule has 0 aliphatic heterocycles. The minimum atomic E-state index is -0.665. The molecule has 0 saturated carbocycles. The molecule has 18 heavy (non-hydrogen) atoms. The van der Waals surface area contributed by atoms with Gasteiger partial charge >= 0.3 is 0 Å². The SMILES string of the molecule is O=C(Nc1cccc(F)n1)c1ccc(Cl)c(Cl)c1. The molecule has 6 heteroatoms. The van der Waals surface area contributed by atoms with Crippen LogP contribution in [0.25, 0.3) is 0 Å². The number of anilines is 1. The normalized spacial score (nSPS) is 10.2. The van der Waals surface area contributed by atoms with Gasteiger partial charge in [-0.1, -0.05) is 29.3 Å². The van der Waals surface area contributed by atoms with Gasteiger partial charge in [-0.2, -0.15) is 4.39 Å². The fourth-order valence-corrected chi connectivity index (χ4v) is 1.60. The van der Waals surface area contributed by atoms with Gasteiger partial charge in [0.05, 0.1) is 10.0 Å². The van der Waals surface area contributed by atoms with Gasteiger partial charge < -0.3 is 5.32 Å². The van der Waals surface area contributed by atoms with E-state index in [2.05, 4.69) is 10.3 Å². The van der Waals surface area contributed by atoms with Gasteiger partial charge in [0.2, 0.25) is 5.95 Å². The number of nitrogens with one attached hydrogen (secondary N) is 1. The second kappa shape index (κ2) is 5.33. The van der Waals surface area contributed by atoms with Gasteiger partial charge in [-0.25, -0.2) is 4.98 Å². The van der Waals surface area contributed by atoms with Crippen molar-refractivity contribution in [2.24, 2.45) is 0 Å². The summed E-state index contributed by atoms with van der Waals surface area (Å²) in [5, 5.41) is 3.09. The number of rotatable bonds is 2. The predicted octanol–water partition coefficient (Wildman–Crippen LogP) is 3.78. The van der Waals surface area contributed by atoms with E-state index in [1.165, 1.54) is 36.4 Å². The number of carbonyl (C=O) groups excluding carboxylic acids is 1. The van der Waals surface area contributed by atoms with E-state index in [1.54, 1.807) is 0 Å². The van der Waals surface area contributed by atoms with Gasteiger partial charge in [-0.3, -0.25) is 4.79 Å². The first-order chi connectivity index (χ1) is 8.56. The number of pyridine rings is 1. The van der Waals surface area contributed by atoms with Crippen LogP contribution >= 0.6 is 23.2 Å². The first kappa shape index (κ1) is 12.8. The summed E-state index contributed by atoms with van der Waals surface area (Å²) >= 11 is 11.5. The highest BCUT2D eigenvalue weighted by atomic mass is 35.5. The minimum Gasteiger partial charge on any atom is -0.306 e. The molecule has 1 aromatic heterocycles. The van der Waals surface area contributed by atoms with Crippen LogP contribution in [-0.2, 0) is 0 Å². The Morgan fingerprint density at radius 1 is 1.17 bits per heavy atom. The first-order valence-electron chi connectivity index (χ1n) is 4.95. The Balaban J connectivity index is 2.19. The molecule has 3 nitrogen and oxygen atoms in total. The van der Waals surface area contributed by atoms with E-state index in [4.69, 9.17) is 23.2 Å². The Morgan fingerprint density at radius 3 is 2.61 bits per heavy atom. The van der Waals surface area contributed by atoms with Gasteiger partial charge in [-0.05, 0) is 30.3 Å². The Hall–Kier alpha value is -1.65. The van der Waals surface area contributed by atoms with Crippen LogP contribution in [0.5, 0.6) is 0 Å². The van der Waals surface area contributed by atoms with Gasteiger partial charge in [0, 0.05) is 5.56 Å². The van der Waals surface area contributed by atoms with Crippen molar-refractivity contribution in [2.45, 2.75) is 0 Å². The van der Waals surface area contributed by atoms with Crippen molar-refractivity contribution < 1.29 is 9.18 Å². The summed E-state index contributed by atoms with van der Waals surface area (Å²) < 4.78 is 12.8. The van der Waals surface area contributed by atoms with E-state index in [0.29, 0.717) is 10.6 Å². The third-order valence-corrected chi connectivity index (χ3v) is 2.88. The van der Waals surface area contributed by atoms with Crippen LogP contribution in [0.3, 0.4) is 0 Å². The molecule has 2 rings (SSSR count). The molecule has 1 heterocycles. The Morgan fingerprint density at radius 2 is 1.94 bits per heavy atom. The number of carbonyl (C=O) groups is 1. The second-order valence-corrected chi connectivity index (χ2v) is 4.24. The Labute approximate surface area is 113 Å². The van der Waals surface area contributed by atoms with Crippen LogP contribution in [0.2, 0.25) is 10.0 Å². The maximum atomic E-state index is 12.8. The maximum Gasteiger partial charge on any atom is 0.256 e. The van der Waals surface area contributed by atoms with E-state index >= 15 is 0 Å². The number of aromatic nitrogens is 1. The van der Waals surface area contributed by atoms with Gasteiger partial charge in [0.15, 0.2) is 0 Å². The molecule has 0 aliphatic carbocycles. The lowest BCUT2D eigenvalue weighted by Gasteiger charge is -2.05. The van der Waals surface area contributed by atoms with E-state index in [0.717, 1.165) is 0 Å². The Bertz CT molecular complexity index is 604. The molecule has 2 aromatic rings. The summed E-state index contributed by atoms with van der Waals surface area (Å²) in [7, 11) is 0. The third kappa shape index (κ3) is 2.97. The smallest absolute Gasteiger partial charge is 0.256 e. The maximum absolute atomic E-state index is 12.8. The zero-order chi connectivity index (χ0) is 13.1. The summed E-state index contributed by atoms with van der Waals surface area (Å²) in [5.41, 5.74) is 0.315. The molecule has 0 saturated heterocycles. The average Bonchev–Trinajstić information content (AvgIpc) is 2.32. The number of benzene rings is 1. The molecule has 1 N–H and O–H groups in total. The summed E-state index contributed by atoms with van der Waals surface area (Å²) in [5.74, 6) is -0.973. The van der Waals surface area contributed by atoms with E-state index in [1.807, 2.05) is 0 Å². The predicted molar refractivity (Wildman–Crippen MR) is 68.6 cm³/mol. The molecule has 0 aliphatic rings. The monoisotopic (exact) mass is 284 g/mol. The van der Waals surface area contributed by atoms with Crippen molar-refractivity contribution in [3.63, 3.8) is 0 Å². The molecule has 92 valence electrons. The molecular formula is C12H7Cl2FN2O. The fraction of sp³-hybridized carbons (Fsp3) is 0. The summed E-state index contributed by atoms with van der Waals surface area (Å²) in [6.07, 6.45) is 0. The zero-order valence-corrected chi connectivity index (χ0v) is 10.5. The molecular weight excluding hydrogens is 278 g/mol. The fourth-order valence-electron chi connectivity index (χ4n) is 1.30. The van der Waals surface area contributed by atoms with Gasteiger partial charge in [-0.15, -0.1) is 0 Å². The highest BCUT2D eigenvalue weighted by Gasteiger charge is 2.09. The molecule has 0 spiro atoms. The summed E-state index contributed by atoms with van der Waals surface area (Å²) in [4.78, 5) is 15.3. The number of amides is 1. The Kier molecular flexibility index (Phi) is 3.79. The molecule has 0 bridgehead atoms. The lowest BCUT2D eigenvalue weighted by molar-refractivity contribution is 0.102. The molecule has 0 fully saturated rings. The van der Waals surface area contributed by atoms with Crippen LogP contribution in [0.15, 0.2) is 36.4 Å². The zero-order valence-electron chi connectivity index (χ0n) is 8.95. The molecule has 1 aromatic carbocycles. The van der Waals surface area contributed by atoms with Gasteiger partial charge in [0.25, 0.3) is 5.91 Å². The number of hydrogen-bond donors (Lipinski definition) is 1. The number of hydrogen-bond acceptors (Lipinski definition) is 2. The van der Waals surface area contributed by atoms with Crippen molar-refractivity contribution in [2.75, 3.05) is 5.32 Å². The lowest BCUT2D eigenvalue weighted by atomic mass is 10.2. The van der Waals surface area contributed by atoms with Crippen molar-refractivity contribution >= 4 is 34.9 Å². The minimum absolute atomic E-state index is 0.131. The van der Waals surface area contributed by atoms with Crippen LogP contribution in [0, 0.1) is 5.95 Å². The quantitative estimate of drug-likeness (QED) is 0.853. The average molecular weight is 285 g/mol. The largest absolute Gasteiger partial charge is 0.306 e. The van der Waals surface area contributed by atoms with Crippen molar-refractivity contribution in [3.05, 3.63) is 58.0 Å². The van der Waals surface area contributed by atoms with Gasteiger partial charge in [0.1, 0.15) is 5.82 Å². The van der Waals surface area contributed by atoms with E-state index in [-0.39, 0.29) is 10.8 Å². The second-order valence-electron chi connectivity index (χ2n) is 3.43. The first-order valence-corrected chi connectivity index (χ1v) is 5.71. The van der Waals surface area contributed by atoms with Crippen LogP contribution in [0.1, 0.15) is 10.4 Å². The number of nitrogens with zero attached hydrogens (tertiary/aromatic N) is 1. The topological polar surface area (TPSA) is 42.0 Å². The molecule has 1 amide bonds. The van der Waals surface area contributed by atoms with Crippen molar-refractivity contribution in [3.8, 4) is 0 Å². The standard InChI is InChI=1S/C12H7Cl2FN2O/c13-8-5-4-7(6-9(8)14)12(18)17-11-3-1-2-10(15)16-11/h1-6H,(H,16,17,18). The highest BCUT2D eigenvalue weighted by Crippen LogP contribution is 2.22. The van der Waals surface area contributed by atoms with Crippen LogP contribution < -0.4 is 5.32 Å². The van der Waals surface area contributed by atoms with Crippen LogP contribution in [-0.4, -0.2) is 10.9 Å². The molecule has 0 atom stereocenters. The molecule has 0 radical (unpaired) electrons. The van der Waals surface area contributed by atoms with E-state index < -0.39 is 11.9 Å². The van der Waals surface area contributed by atoms with E-state index in [9.17, 15) is 9.18 Å². The summed E-state index contributed by atoms with van der Waals surface area (Å²) in [6.45, 7) is 0. The third-order valence-electron chi connectivity index (χ3n) is 2.14. The lowest BCUT2D eigenvalue weighted by Crippen LogP contribution is -2.13. The highest BCUT2D eigenvalue weighted by molar-refractivity contribution is 6.42. The molecule has 0 unspecified atom stereocenters. The van der Waals surface area contributed by atoms with Crippen molar-refractivity contribution in [1.82, 2.24) is 4.98 Å².